The molecule has 1 saturated heterocycles. The van der Waals surface area contributed by atoms with Crippen molar-refractivity contribution in [3.05, 3.63) is 29.8 Å². The summed E-state index contributed by atoms with van der Waals surface area (Å²) in [4.78, 5) is 10.7. The van der Waals surface area contributed by atoms with Gasteiger partial charge in [-0.3, -0.25) is 4.79 Å². The molecule has 1 aromatic rings. The standard InChI is InChI=1S/C11H12F2N2O2/c12-7-2-1-3-8(10(7)13)15-11(4-9(16)17)5-14-6-11/h1-3,14-15H,4-6H2,(H,16,17). The summed E-state index contributed by atoms with van der Waals surface area (Å²) < 4.78 is 26.4. The van der Waals surface area contributed by atoms with Crippen LogP contribution in [0, 0.1) is 11.6 Å². The molecule has 6 heteroatoms. The summed E-state index contributed by atoms with van der Waals surface area (Å²) in [7, 11) is 0. The van der Waals surface area contributed by atoms with Gasteiger partial charge in [-0.15, -0.1) is 0 Å². The smallest absolute Gasteiger partial charge is 0.305 e. The van der Waals surface area contributed by atoms with E-state index >= 15 is 0 Å². The molecular weight excluding hydrogens is 230 g/mol. The summed E-state index contributed by atoms with van der Waals surface area (Å²) in [5.74, 6) is -2.91. The van der Waals surface area contributed by atoms with Gasteiger partial charge in [0.05, 0.1) is 17.6 Å². The van der Waals surface area contributed by atoms with Crippen molar-refractivity contribution in [1.29, 1.82) is 0 Å². The van der Waals surface area contributed by atoms with E-state index in [2.05, 4.69) is 10.6 Å². The molecule has 17 heavy (non-hydrogen) atoms. The van der Waals surface area contributed by atoms with Crippen LogP contribution < -0.4 is 10.6 Å². The van der Waals surface area contributed by atoms with Gasteiger partial charge < -0.3 is 15.7 Å². The minimum atomic E-state index is -0.982. The van der Waals surface area contributed by atoms with Crippen LogP contribution in [0.4, 0.5) is 14.5 Å². The van der Waals surface area contributed by atoms with Crippen LogP contribution in [0.15, 0.2) is 18.2 Å². The molecule has 4 nitrogen and oxygen atoms in total. The number of carboxylic acids is 1. The Morgan fingerprint density at radius 1 is 1.47 bits per heavy atom. The molecule has 1 aromatic carbocycles. The lowest BCUT2D eigenvalue weighted by Crippen LogP contribution is -2.65. The van der Waals surface area contributed by atoms with E-state index < -0.39 is 23.1 Å². The molecule has 1 heterocycles. The number of benzene rings is 1. The number of nitrogens with one attached hydrogen (secondary N) is 2. The molecule has 0 atom stereocenters. The van der Waals surface area contributed by atoms with Crippen LogP contribution in [0.2, 0.25) is 0 Å². The Morgan fingerprint density at radius 3 is 2.71 bits per heavy atom. The first-order valence-corrected chi connectivity index (χ1v) is 5.17. The second-order valence-corrected chi connectivity index (χ2v) is 4.18. The van der Waals surface area contributed by atoms with Crippen molar-refractivity contribution < 1.29 is 18.7 Å². The van der Waals surface area contributed by atoms with E-state index in [0.29, 0.717) is 13.1 Å². The van der Waals surface area contributed by atoms with Crippen LogP contribution in [-0.2, 0) is 4.79 Å². The number of hydrogen-bond acceptors (Lipinski definition) is 3. The maximum atomic E-state index is 13.4. The molecular formula is C11H12F2N2O2. The molecule has 1 fully saturated rings. The third kappa shape index (κ3) is 2.36. The average Bonchev–Trinajstić information content (AvgIpc) is 2.21. The second-order valence-electron chi connectivity index (χ2n) is 4.18. The van der Waals surface area contributed by atoms with Gasteiger partial charge in [-0.2, -0.15) is 0 Å². The number of carbonyl (C=O) groups is 1. The van der Waals surface area contributed by atoms with Crippen LogP contribution in [0.5, 0.6) is 0 Å². The SMILES string of the molecule is O=C(O)CC1(Nc2cccc(F)c2F)CNC1. The summed E-state index contributed by atoms with van der Waals surface area (Å²) in [6, 6.07) is 3.78. The maximum absolute atomic E-state index is 13.4. The predicted octanol–water partition coefficient (Wildman–Crippen LogP) is 1.19. The first kappa shape index (κ1) is 11.8. The van der Waals surface area contributed by atoms with Crippen molar-refractivity contribution in [3.8, 4) is 0 Å². The van der Waals surface area contributed by atoms with Crippen molar-refractivity contribution in [2.24, 2.45) is 0 Å². The third-order valence-electron chi connectivity index (χ3n) is 2.77. The van der Waals surface area contributed by atoms with E-state index in [0.717, 1.165) is 6.07 Å². The van der Waals surface area contributed by atoms with E-state index in [1.807, 2.05) is 0 Å². The van der Waals surface area contributed by atoms with E-state index in [1.54, 1.807) is 0 Å². The summed E-state index contributed by atoms with van der Waals surface area (Å²) >= 11 is 0. The van der Waals surface area contributed by atoms with Crippen molar-refractivity contribution in [2.75, 3.05) is 18.4 Å². The van der Waals surface area contributed by atoms with Gasteiger partial charge in [0.25, 0.3) is 0 Å². The fourth-order valence-electron chi connectivity index (χ4n) is 1.86. The fourth-order valence-corrected chi connectivity index (χ4v) is 1.86. The first-order valence-electron chi connectivity index (χ1n) is 5.17. The molecule has 0 saturated carbocycles. The number of halogens is 2. The van der Waals surface area contributed by atoms with Crippen molar-refractivity contribution >= 4 is 11.7 Å². The zero-order valence-corrected chi connectivity index (χ0v) is 8.96. The molecule has 0 bridgehead atoms. The van der Waals surface area contributed by atoms with E-state index in [-0.39, 0.29) is 12.1 Å². The number of hydrogen-bond donors (Lipinski definition) is 3. The molecule has 92 valence electrons. The van der Waals surface area contributed by atoms with Crippen LogP contribution in [0.3, 0.4) is 0 Å². The van der Waals surface area contributed by atoms with Gasteiger partial charge in [-0.25, -0.2) is 8.78 Å². The van der Waals surface area contributed by atoms with Crippen molar-refractivity contribution in [1.82, 2.24) is 5.32 Å². The Bertz CT molecular complexity index is 447. The Morgan fingerprint density at radius 2 is 2.18 bits per heavy atom. The van der Waals surface area contributed by atoms with Crippen LogP contribution >= 0.6 is 0 Å². The fraction of sp³-hybridized carbons (Fsp3) is 0.364. The van der Waals surface area contributed by atoms with Gasteiger partial charge in [0.2, 0.25) is 0 Å². The van der Waals surface area contributed by atoms with Crippen molar-refractivity contribution in [3.63, 3.8) is 0 Å². The molecule has 0 aromatic heterocycles. The number of anilines is 1. The molecule has 0 aliphatic carbocycles. The largest absolute Gasteiger partial charge is 0.481 e. The molecule has 0 radical (unpaired) electrons. The summed E-state index contributed by atoms with van der Waals surface area (Å²) in [6.07, 6.45) is -0.143. The monoisotopic (exact) mass is 242 g/mol. The quantitative estimate of drug-likeness (QED) is 0.742. The lowest BCUT2D eigenvalue weighted by Gasteiger charge is -2.43. The second kappa shape index (κ2) is 4.29. The van der Waals surface area contributed by atoms with Crippen molar-refractivity contribution in [2.45, 2.75) is 12.0 Å². The highest BCUT2D eigenvalue weighted by Gasteiger charge is 2.39. The Hall–Kier alpha value is -1.69. The highest BCUT2D eigenvalue weighted by Crippen LogP contribution is 2.25. The highest BCUT2D eigenvalue weighted by molar-refractivity contribution is 5.70. The molecule has 1 aliphatic rings. The van der Waals surface area contributed by atoms with Crippen LogP contribution in [-0.4, -0.2) is 29.7 Å². The molecule has 0 spiro atoms. The summed E-state index contributed by atoms with van der Waals surface area (Å²) in [5.41, 5.74) is -0.742. The lowest BCUT2D eigenvalue weighted by molar-refractivity contribution is -0.138. The lowest BCUT2D eigenvalue weighted by atomic mass is 9.88. The molecule has 2 rings (SSSR count). The number of aliphatic carboxylic acids is 1. The Balaban J connectivity index is 2.18. The molecule has 3 N–H and O–H groups in total. The van der Waals surface area contributed by atoms with Gasteiger partial charge in [0.1, 0.15) is 0 Å². The van der Waals surface area contributed by atoms with Crippen LogP contribution in [0.25, 0.3) is 0 Å². The van der Waals surface area contributed by atoms with Gasteiger partial charge in [-0.05, 0) is 12.1 Å². The maximum Gasteiger partial charge on any atom is 0.305 e. The normalized spacial score (nSPS) is 17.3. The van der Waals surface area contributed by atoms with Crippen LogP contribution in [0.1, 0.15) is 6.42 Å². The molecule has 0 unspecified atom stereocenters. The average molecular weight is 242 g/mol. The van der Waals surface area contributed by atoms with Gasteiger partial charge in [-0.1, -0.05) is 6.07 Å². The minimum Gasteiger partial charge on any atom is -0.481 e. The topological polar surface area (TPSA) is 61.4 Å². The number of rotatable bonds is 4. The zero-order chi connectivity index (χ0) is 12.5. The Kier molecular flexibility index (Phi) is 2.97. The van der Waals surface area contributed by atoms with Gasteiger partial charge in [0.15, 0.2) is 11.6 Å². The minimum absolute atomic E-state index is 0.00671. The molecule has 0 amide bonds. The third-order valence-corrected chi connectivity index (χ3v) is 2.77. The summed E-state index contributed by atoms with van der Waals surface area (Å²) in [6.45, 7) is 0.824. The van der Waals surface area contributed by atoms with E-state index in [4.69, 9.17) is 5.11 Å². The Labute approximate surface area is 96.6 Å². The first-order chi connectivity index (χ1) is 8.02. The summed E-state index contributed by atoms with van der Waals surface area (Å²) in [5, 5.41) is 14.5. The molecule has 1 aliphatic heterocycles. The van der Waals surface area contributed by atoms with E-state index in [1.165, 1.54) is 12.1 Å². The highest BCUT2D eigenvalue weighted by atomic mass is 19.2. The van der Waals surface area contributed by atoms with Gasteiger partial charge in [0, 0.05) is 13.1 Å². The predicted molar refractivity (Wildman–Crippen MR) is 57.8 cm³/mol. The zero-order valence-electron chi connectivity index (χ0n) is 8.96. The van der Waals surface area contributed by atoms with E-state index in [9.17, 15) is 13.6 Å². The van der Waals surface area contributed by atoms with Gasteiger partial charge >= 0.3 is 5.97 Å². The number of carboxylic acid groups (broad SMARTS) is 1.